The highest BCUT2D eigenvalue weighted by Gasteiger charge is 2.30. The Morgan fingerprint density at radius 2 is 2.06 bits per heavy atom. The van der Waals surface area contributed by atoms with Crippen molar-refractivity contribution < 1.29 is 18.7 Å². The maximum absolute atomic E-state index is 13.9. The molecule has 7 nitrogen and oxygen atoms in total. The molecular weight excluding hydrogens is 399 g/mol. The fraction of sp³-hybridized carbons (Fsp3) is 0.522. The van der Waals surface area contributed by atoms with Gasteiger partial charge in [0.25, 0.3) is 11.8 Å². The van der Waals surface area contributed by atoms with Gasteiger partial charge in [-0.1, -0.05) is 6.07 Å². The van der Waals surface area contributed by atoms with Crippen LogP contribution < -0.4 is 0 Å². The highest BCUT2D eigenvalue weighted by atomic mass is 19.1. The van der Waals surface area contributed by atoms with Crippen LogP contribution in [0.3, 0.4) is 0 Å². The van der Waals surface area contributed by atoms with Gasteiger partial charge in [-0.05, 0) is 49.9 Å². The van der Waals surface area contributed by atoms with Crippen molar-refractivity contribution in [3.8, 4) is 0 Å². The topological polar surface area (TPSA) is 67.7 Å². The van der Waals surface area contributed by atoms with Gasteiger partial charge in [0.05, 0.1) is 12.3 Å². The number of rotatable bonds is 5. The van der Waals surface area contributed by atoms with Gasteiger partial charge in [0, 0.05) is 51.3 Å². The minimum atomic E-state index is -0.367. The number of aryl methyl sites for hydroxylation is 2. The van der Waals surface area contributed by atoms with Crippen molar-refractivity contribution in [2.75, 3.05) is 39.9 Å². The van der Waals surface area contributed by atoms with E-state index < -0.39 is 0 Å². The maximum Gasteiger partial charge on any atom is 0.272 e. The number of likely N-dealkylation sites (tertiary alicyclic amines) is 1. The lowest BCUT2D eigenvalue weighted by atomic mass is 9.94. The Labute approximate surface area is 181 Å². The Bertz CT molecular complexity index is 974. The summed E-state index contributed by atoms with van der Waals surface area (Å²) in [5.74, 6) is -0.486. The summed E-state index contributed by atoms with van der Waals surface area (Å²) in [4.78, 5) is 29.5. The van der Waals surface area contributed by atoms with Crippen LogP contribution in [0.1, 0.15) is 57.3 Å². The molecule has 0 radical (unpaired) electrons. The first-order valence-corrected chi connectivity index (χ1v) is 10.9. The van der Waals surface area contributed by atoms with E-state index >= 15 is 0 Å². The smallest absolute Gasteiger partial charge is 0.272 e. The van der Waals surface area contributed by atoms with Gasteiger partial charge in [-0.3, -0.25) is 14.3 Å². The molecule has 0 N–H and O–H groups in total. The van der Waals surface area contributed by atoms with Crippen LogP contribution in [0.4, 0.5) is 4.39 Å². The molecule has 0 spiro atoms. The number of nitrogens with zero attached hydrogens (tertiary/aromatic N) is 4. The van der Waals surface area contributed by atoms with Crippen molar-refractivity contribution in [3.05, 3.63) is 52.6 Å². The fourth-order valence-electron chi connectivity index (χ4n) is 4.38. The molecule has 31 heavy (non-hydrogen) atoms. The van der Waals surface area contributed by atoms with Crippen molar-refractivity contribution >= 4 is 11.8 Å². The molecule has 1 saturated heterocycles. The molecule has 3 heterocycles. The Balaban J connectivity index is 1.50. The number of carbonyl (C=O) groups is 2. The third-order valence-electron chi connectivity index (χ3n) is 6.21. The van der Waals surface area contributed by atoms with Crippen molar-refractivity contribution in [1.29, 1.82) is 0 Å². The quantitative estimate of drug-likeness (QED) is 0.735. The van der Waals surface area contributed by atoms with E-state index in [0.717, 1.165) is 25.0 Å². The molecule has 1 atom stereocenters. The predicted molar refractivity (Wildman–Crippen MR) is 114 cm³/mol. The van der Waals surface area contributed by atoms with Gasteiger partial charge in [0.2, 0.25) is 0 Å². The van der Waals surface area contributed by atoms with E-state index in [0.29, 0.717) is 56.2 Å². The van der Waals surface area contributed by atoms with Gasteiger partial charge in [-0.15, -0.1) is 0 Å². The molecule has 0 saturated carbocycles. The van der Waals surface area contributed by atoms with E-state index in [1.807, 2.05) is 11.0 Å². The van der Waals surface area contributed by atoms with Gasteiger partial charge in [0.15, 0.2) is 0 Å². The number of benzene rings is 1. The lowest BCUT2D eigenvalue weighted by molar-refractivity contribution is 0.0693. The van der Waals surface area contributed by atoms with Crippen LogP contribution in [0.2, 0.25) is 0 Å². The van der Waals surface area contributed by atoms with Crippen LogP contribution in [0, 0.1) is 12.7 Å². The highest BCUT2D eigenvalue weighted by Crippen LogP contribution is 2.29. The van der Waals surface area contributed by atoms with Crippen LogP contribution in [0.15, 0.2) is 24.3 Å². The number of piperidine rings is 1. The summed E-state index contributed by atoms with van der Waals surface area (Å²) in [5.41, 5.74) is 2.35. The molecular formula is C23H29FN4O3. The zero-order valence-electron chi connectivity index (χ0n) is 18.1. The largest absolute Gasteiger partial charge is 0.383 e. The van der Waals surface area contributed by atoms with Crippen LogP contribution in [-0.4, -0.2) is 71.3 Å². The summed E-state index contributed by atoms with van der Waals surface area (Å²) in [5, 5.41) is 4.73. The summed E-state index contributed by atoms with van der Waals surface area (Å²) >= 11 is 0. The summed E-state index contributed by atoms with van der Waals surface area (Å²) in [7, 11) is 1.63. The summed E-state index contributed by atoms with van der Waals surface area (Å²) in [6.45, 7) is 5.30. The molecule has 0 aliphatic carbocycles. The number of carbonyl (C=O) groups excluding carboxylic acids is 2. The molecule has 2 amide bonds. The molecule has 4 rings (SSSR count). The molecule has 1 unspecified atom stereocenters. The number of hydrogen-bond acceptors (Lipinski definition) is 4. The summed E-state index contributed by atoms with van der Waals surface area (Å²) < 4.78 is 20.9. The van der Waals surface area contributed by atoms with Crippen LogP contribution in [0.5, 0.6) is 0 Å². The SMILES string of the molecule is COCCN1CCCn2nc(C3CCCN(C(=O)c4ccc(C)c(F)c4)C3)cc2C1=O. The van der Waals surface area contributed by atoms with Gasteiger partial charge in [0.1, 0.15) is 11.5 Å². The first-order chi connectivity index (χ1) is 15.0. The normalized spacial score (nSPS) is 19.3. The number of halogens is 1. The fourth-order valence-corrected chi connectivity index (χ4v) is 4.38. The first-order valence-electron chi connectivity index (χ1n) is 10.9. The number of fused-ring (bicyclic) bond motifs is 1. The van der Waals surface area contributed by atoms with Crippen molar-refractivity contribution in [3.63, 3.8) is 0 Å². The van der Waals surface area contributed by atoms with E-state index in [-0.39, 0.29) is 23.5 Å². The Morgan fingerprint density at radius 1 is 1.23 bits per heavy atom. The second-order valence-electron chi connectivity index (χ2n) is 8.37. The Hall–Kier alpha value is -2.74. The molecule has 1 fully saturated rings. The molecule has 8 heteroatoms. The summed E-state index contributed by atoms with van der Waals surface area (Å²) in [6, 6.07) is 6.51. The van der Waals surface area contributed by atoms with E-state index in [1.165, 1.54) is 6.07 Å². The second kappa shape index (κ2) is 9.18. The number of aromatic nitrogens is 2. The average Bonchev–Trinajstić information content (AvgIpc) is 3.15. The number of methoxy groups -OCH3 is 1. The van der Waals surface area contributed by atoms with E-state index in [1.54, 1.807) is 35.7 Å². The molecule has 1 aromatic carbocycles. The van der Waals surface area contributed by atoms with E-state index in [2.05, 4.69) is 0 Å². The lowest BCUT2D eigenvalue weighted by Gasteiger charge is -2.32. The standard InChI is InChI=1S/C23H29FN4O3/c1-16-6-7-17(13-19(16)24)22(29)27-8-3-5-18(15-27)20-14-21-23(30)26(11-12-31-2)9-4-10-28(21)25-20/h6-7,13-14,18H,3-5,8-12,15H2,1-2H3. The van der Waals surface area contributed by atoms with Crippen molar-refractivity contribution in [1.82, 2.24) is 19.6 Å². The van der Waals surface area contributed by atoms with Crippen molar-refractivity contribution in [2.24, 2.45) is 0 Å². The minimum Gasteiger partial charge on any atom is -0.383 e. The van der Waals surface area contributed by atoms with E-state index in [9.17, 15) is 14.0 Å². The third kappa shape index (κ3) is 4.49. The third-order valence-corrected chi connectivity index (χ3v) is 6.21. The van der Waals surface area contributed by atoms with Gasteiger partial charge in [-0.2, -0.15) is 5.10 Å². The van der Waals surface area contributed by atoms with Crippen LogP contribution in [-0.2, 0) is 11.3 Å². The van der Waals surface area contributed by atoms with Gasteiger partial charge in [-0.25, -0.2) is 4.39 Å². The Morgan fingerprint density at radius 3 is 2.84 bits per heavy atom. The van der Waals surface area contributed by atoms with E-state index in [4.69, 9.17) is 9.84 Å². The zero-order valence-corrected chi connectivity index (χ0v) is 18.1. The molecule has 166 valence electrons. The highest BCUT2D eigenvalue weighted by molar-refractivity contribution is 5.94. The monoisotopic (exact) mass is 428 g/mol. The number of hydrogen-bond donors (Lipinski definition) is 0. The average molecular weight is 429 g/mol. The number of ether oxygens (including phenoxy) is 1. The molecule has 2 aliphatic heterocycles. The molecule has 0 bridgehead atoms. The number of amides is 2. The minimum absolute atomic E-state index is 0.0211. The predicted octanol–water partition coefficient (Wildman–Crippen LogP) is 2.84. The van der Waals surface area contributed by atoms with Crippen molar-refractivity contribution in [2.45, 2.75) is 38.6 Å². The van der Waals surface area contributed by atoms with Gasteiger partial charge < -0.3 is 14.5 Å². The maximum atomic E-state index is 13.9. The Kier molecular flexibility index (Phi) is 6.36. The molecule has 2 aliphatic rings. The molecule has 1 aromatic heterocycles. The van der Waals surface area contributed by atoms with Crippen LogP contribution in [0.25, 0.3) is 0 Å². The second-order valence-corrected chi connectivity index (χ2v) is 8.37. The zero-order chi connectivity index (χ0) is 22.0. The first kappa shape index (κ1) is 21.5. The lowest BCUT2D eigenvalue weighted by Crippen LogP contribution is -2.39. The summed E-state index contributed by atoms with van der Waals surface area (Å²) in [6.07, 6.45) is 2.60. The van der Waals surface area contributed by atoms with Crippen LogP contribution >= 0.6 is 0 Å². The van der Waals surface area contributed by atoms with Gasteiger partial charge >= 0.3 is 0 Å². The molecule has 2 aromatic rings.